The van der Waals surface area contributed by atoms with Gasteiger partial charge >= 0.3 is 0 Å². The van der Waals surface area contributed by atoms with Crippen LogP contribution in [0.2, 0.25) is 0 Å². The van der Waals surface area contributed by atoms with Crippen molar-refractivity contribution >= 4 is 5.91 Å². The SMILES string of the molecule is Cc1ccc(C(=O)NC(C)C2CCC2)c(C#CCCO)c1. The van der Waals surface area contributed by atoms with Gasteiger partial charge in [0.1, 0.15) is 0 Å². The number of rotatable bonds is 4. The van der Waals surface area contributed by atoms with E-state index in [4.69, 9.17) is 5.11 Å². The molecule has 1 saturated carbocycles. The molecule has 1 aromatic carbocycles. The lowest BCUT2D eigenvalue weighted by Gasteiger charge is -2.32. The Morgan fingerprint density at radius 1 is 1.48 bits per heavy atom. The van der Waals surface area contributed by atoms with Crippen LogP contribution in [-0.2, 0) is 0 Å². The number of aliphatic hydroxyl groups excluding tert-OH is 1. The van der Waals surface area contributed by atoms with Crippen LogP contribution in [-0.4, -0.2) is 23.7 Å². The zero-order valence-corrected chi connectivity index (χ0v) is 12.8. The summed E-state index contributed by atoms with van der Waals surface area (Å²) in [5.41, 5.74) is 2.44. The van der Waals surface area contributed by atoms with Gasteiger partial charge in [-0.2, -0.15) is 0 Å². The van der Waals surface area contributed by atoms with Crippen molar-refractivity contribution in [1.82, 2.24) is 5.32 Å². The van der Waals surface area contributed by atoms with Crippen molar-refractivity contribution in [3.63, 3.8) is 0 Å². The summed E-state index contributed by atoms with van der Waals surface area (Å²) in [4.78, 5) is 12.4. The minimum Gasteiger partial charge on any atom is -0.395 e. The summed E-state index contributed by atoms with van der Waals surface area (Å²) in [5, 5.41) is 11.9. The summed E-state index contributed by atoms with van der Waals surface area (Å²) in [6, 6.07) is 5.90. The summed E-state index contributed by atoms with van der Waals surface area (Å²) in [6.07, 6.45) is 4.11. The van der Waals surface area contributed by atoms with Crippen LogP contribution in [0.15, 0.2) is 18.2 Å². The lowest BCUT2D eigenvalue weighted by Crippen LogP contribution is -2.40. The molecule has 21 heavy (non-hydrogen) atoms. The topological polar surface area (TPSA) is 49.3 Å². The van der Waals surface area contributed by atoms with Crippen molar-refractivity contribution in [2.75, 3.05) is 6.61 Å². The number of benzene rings is 1. The second kappa shape index (κ2) is 7.28. The van der Waals surface area contributed by atoms with Crippen LogP contribution >= 0.6 is 0 Å². The van der Waals surface area contributed by atoms with Gasteiger partial charge in [-0.15, -0.1) is 0 Å². The van der Waals surface area contributed by atoms with E-state index in [1.807, 2.05) is 25.1 Å². The first kappa shape index (κ1) is 15.6. The van der Waals surface area contributed by atoms with E-state index in [1.165, 1.54) is 19.3 Å². The van der Waals surface area contributed by atoms with E-state index < -0.39 is 0 Å². The van der Waals surface area contributed by atoms with Gasteiger partial charge in [0.05, 0.1) is 12.2 Å². The van der Waals surface area contributed by atoms with Crippen LogP contribution < -0.4 is 5.32 Å². The van der Waals surface area contributed by atoms with E-state index in [9.17, 15) is 4.79 Å². The second-order valence-corrected chi connectivity index (χ2v) is 5.78. The first-order valence-corrected chi connectivity index (χ1v) is 7.63. The molecular formula is C18H23NO2. The van der Waals surface area contributed by atoms with E-state index in [0.717, 1.165) is 11.1 Å². The van der Waals surface area contributed by atoms with Gasteiger partial charge in [-0.3, -0.25) is 4.79 Å². The third-order valence-electron chi connectivity index (χ3n) is 4.10. The van der Waals surface area contributed by atoms with Gasteiger partial charge in [0.25, 0.3) is 5.91 Å². The molecule has 3 heteroatoms. The van der Waals surface area contributed by atoms with E-state index in [0.29, 0.717) is 17.9 Å². The quantitative estimate of drug-likeness (QED) is 0.836. The van der Waals surface area contributed by atoms with E-state index >= 15 is 0 Å². The monoisotopic (exact) mass is 285 g/mol. The average molecular weight is 285 g/mol. The van der Waals surface area contributed by atoms with Gasteiger partial charge in [0, 0.05) is 18.0 Å². The minimum atomic E-state index is -0.0531. The van der Waals surface area contributed by atoms with Gasteiger partial charge in [-0.05, 0) is 50.3 Å². The number of carbonyl (C=O) groups excluding carboxylic acids is 1. The van der Waals surface area contributed by atoms with Gasteiger partial charge in [0.15, 0.2) is 0 Å². The third kappa shape index (κ3) is 4.09. The summed E-state index contributed by atoms with van der Waals surface area (Å²) in [7, 11) is 0. The molecule has 1 unspecified atom stereocenters. The fraction of sp³-hybridized carbons (Fsp3) is 0.500. The molecule has 112 valence electrons. The molecule has 1 atom stereocenters. The van der Waals surface area contributed by atoms with Crippen molar-refractivity contribution < 1.29 is 9.90 Å². The van der Waals surface area contributed by atoms with Crippen molar-refractivity contribution in [2.24, 2.45) is 5.92 Å². The van der Waals surface area contributed by atoms with Crippen LogP contribution in [0.5, 0.6) is 0 Å². The molecule has 1 fully saturated rings. The first-order valence-electron chi connectivity index (χ1n) is 7.63. The van der Waals surface area contributed by atoms with Gasteiger partial charge in [0.2, 0.25) is 0 Å². The molecule has 1 aliphatic carbocycles. The molecule has 0 heterocycles. The summed E-state index contributed by atoms with van der Waals surface area (Å²) >= 11 is 0. The highest BCUT2D eigenvalue weighted by Crippen LogP contribution is 2.29. The maximum absolute atomic E-state index is 12.4. The molecule has 1 amide bonds. The lowest BCUT2D eigenvalue weighted by molar-refractivity contribution is 0.0909. The van der Waals surface area contributed by atoms with E-state index in [1.54, 1.807) is 0 Å². The number of aryl methyl sites for hydroxylation is 1. The predicted octanol–water partition coefficient (Wildman–Crippen LogP) is 2.65. The predicted molar refractivity (Wildman–Crippen MR) is 84.0 cm³/mol. The highest BCUT2D eigenvalue weighted by atomic mass is 16.2. The molecule has 3 nitrogen and oxygen atoms in total. The zero-order valence-electron chi connectivity index (χ0n) is 12.8. The van der Waals surface area contributed by atoms with Crippen LogP contribution in [0.3, 0.4) is 0 Å². The molecule has 0 aliphatic heterocycles. The molecule has 1 aromatic rings. The molecule has 2 N–H and O–H groups in total. The maximum atomic E-state index is 12.4. The Labute approximate surface area is 126 Å². The summed E-state index contributed by atoms with van der Waals surface area (Å²) in [5.74, 6) is 6.45. The van der Waals surface area contributed by atoms with Crippen LogP contribution in [0.4, 0.5) is 0 Å². The van der Waals surface area contributed by atoms with Crippen LogP contribution in [0.25, 0.3) is 0 Å². The Morgan fingerprint density at radius 2 is 2.24 bits per heavy atom. The fourth-order valence-electron chi connectivity index (χ4n) is 2.52. The highest BCUT2D eigenvalue weighted by Gasteiger charge is 2.25. The smallest absolute Gasteiger partial charge is 0.252 e. The molecule has 0 aromatic heterocycles. The molecule has 0 bridgehead atoms. The van der Waals surface area contributed by atoms with Crippen molar-refractivity contribution in [3.8, 4) is 11.8 Å². The van der Waals surface area contributed by atoms with Crippen molar-refractivity contribution in [1.29, 1.82) is 0 Å². The maximum Gasteiger partial charge on any atom is 0.252 e. The molecule has 0 spiro atoms. The normalized spacial score (nSPS) is 15.6. The number of aliphatic hydroxyl groups is 1. The van der Waals surface area contributed by atoms with Crippen LogP contribution in [0, 0.1) is 24.7 Å². The Morgan fingerprint density at radius 3 is 2.86 bits per heavy atom. The molecular weight excluding hydrogens is 262 g/mol. The zero-order chi connectivity index (χ0) is 15.2. The lowest BCUT2D eigenvalue weighted by atomic mass is 9.80. The summed E-state index contributed by atoms with van der Waals surface area (Å²) < 4.78 is 0. The van der Waals surface area contributed by atoms with Crippen molar-refractivity contribution in [3.05, 3.63) is 34.9 Å². The number of nitrogens with one attached hydrogen (secondary N) is 1. The first-order chi connectivity index (χ1) is 10.1. The highest BCUT2D eigenvalue weighted by molar-refractivity contribution is 5.97. The van der Waals surface area contributed by atoms with Gasteiger partial charge in [-0.25, -0.2) is 0 Å². The average Bonchev–Trinajstić information content (AvgIpc) is 2.36. The van der Waals surface area contributed by atoms with Gasteiger partial charge < -0.3 is 10.4 Å². The Kier molecular flexibility index (Phi) is 5.41. The standard InChI is InChI=1S/C18H23NO2/c1-13-9-10-17(16(12-13)6-3-4-11-20)18(21)19-14(2)15-7-5-8-15/h9-10,12,14-15,20H,4-5,7-8,11H2,1-2H3,(H,19,21). The second-order valence-electron chi connectivity index (χ2n) is 5.78. The van der Waals surface area contributed by atoms with Crippen molar-refractivity contribution in [2.45, 2.75) is 45.6 Å². The molecule has 2 rings (SSSR count). The molecule has 0 saturated heterocycles. The fourth-order valence-corrected chi connectivity index (χ4v) is 2.52. The molecule has 0 radical (unpaired) electrons. The summed E-state index contributed by atoms with van der Waals surface area (Å²) in [6.45, 7) is 4.10. The van der Waals surface area contributed by atoms with Gasteiger partial charge in [-0.1, -0.05) is 24.3 Å². The Balaban J connectivity index is 2.13. The number of amides is 1. The largest absolute Gasteiger partial charge is 0.395 e. The van der Waals surface area contributed by atoms with E-state index in [-0.39, 0.29) is 18.6 Å². The number of hydrogen-bond acceptors (Lipinski definition) is 2. The minimum absolute atomic E-state index is 0.0407. The Bertz CT molecular complexity index is 564. The number of carbonyl (C=O) groups is 1. The van der Waals surface area contributed by atoms with E-state index in [2.05, 4.69) is 24.1 Å². The molecule has 1 aliphatic rings. The van der Waals surface area contributed by atoms with Crippen LogP contribution in [0.1, 0.15) is 54.1 Å². The Hall–Kier alpha value is -1.79. The third-order valence-corrected chi connectivity index (χ3v) is 4.10. The number of hydrogen-bond donors (Lipinski definition) is 2.